The molecule has 0 bridgehead atoms. The van der Waals surface area contributed by atoms with Gasteiger partial charge in [0.05, 0.1) is 6.26 Å². The summed E-state index contributed by atoms with van der Waals surface area (Å²) in [6.07, 6.45) is 13.4. The summed E-state index contributed by atoms with van der Waals surface area (Å²) in [6.45, 7) is 8.23. The maximum atomic E-state index is 12.3. The maximum Gasteiger partial charge on any atom is 0.407 e. The summed E-state index contributed by atoms with van der Waals surface area (Å²) in [5.41, 5.74) is 9.02. The Bertz CT molecular complexity index is 1130. The molecule has 1 saturated heterocycles. The molecule has 3 saturated carbocycles. The smallest absolute Gasteiger partial charge is 0.407 e. The Hall–Kier alpha value is -2.12. The summed E-state index contributed by atoms with van der Waals surface area (Å²) in [6, 6.07) is 3.90. The summed E-state index contributed by atoms with van der Waals surface area (Å²) in [5, 5.41) is 10.1. The van der Waals surface area contributed by atoms with Crippen molar-refractivity contribution in [2.45, 2.75) is 89.6 Å². The Morgan fingerprint density at radius 2 is 2.03 bits per heavy atom. The van der Waals surface area contributed by atoms with Crippen LogP contribution < -0.4 is 11.4 Å². The second-order valence-electron chi connectivity index (χ2n) is 13.5. The molecule has 0 aromatic carbocycles. The molecule has 0 spiro atoms. The van der Waals surface area contributed by atoms with Crippen LogP contribution in [0, 0.1) is 28.6 Å². The highest BCUT2D eigenvalue weighted by atomic mass is 16.4. The molecule has 7 heteroatoms. The van der Waals surface area contributed by atoms with Crippen LogP contribution in [0.1, 0.15) is 83.1 Å². The lowest BCUT2D eigenvalue weighted by Crippen LogP contribution is -2.55. The molecule has 3 N–H and O–H groups in total. The van der Waals surface area contributed by atoms with Crippen molar-refractivity contribution in [1.29, 1.82) is 0 Å². The number of allylic oxidation sites excluding steroid dienone is 2. The Labute approximate surface area is 226 Å². The molecule has 208 valence electrons. The molecule has 1 aliphatic heterocycles. The van der Waals surface area contributed by atoms with Gasteiger partial charge in [-0.05, 0) is 110 Å². The Morgan fingerprint density at radius 3 is 2.74 bits per heavy atom. The minimum Gasteiger partial charge on any atom is -0.465 e. The minimum absolute atomic E-state index is 0.134. The maximum absolute atomic E-state index is 12.3. The van der Waals surface area contributed by atoms with Gasteiger partial charge in [0.15, 0.2) is 0 Å². The summed E-state index contributed by atoms with van der Waals surface area (Å²) < 4.78 is 5.25. The number of rotatable bonds is 5. The molecule has 4 aliphatic carbocycles. The lowest BCUT2D eigenvalue weighted by Gasteiger charge is -2.60. The first-order chi connectivity index (χ1) is 18.2. The third-order valence-corrected chi connectivity index (χ3v) is 11.8. The fourth-order valence-electron chi connectivity index (χ4n) is 9.67. The van der Waals surface area contributed by atoms with Gasteiger partial charge in [0.1, 0.15) is 0 Å². The molecule has 2 heterocycles. The van der Waals surface area contributed by atoms with Gasteiger partial charge in [-0.2, -0.15) is 0 Å². The van der Waals surface area contributed by atoms with Crippen LogP contribution >= 0.6 is 0 Å². The van der Waals surface area contributed by atoms with Crippen molar-refractivity contribution >= 4 is 6.09 Å². The van der Waals surface area contributed by atoms with E-state index in [1.54, 1.807) is 22.8 Å². The second kappa shape index (κ2) is 9.81. The zero-order valence-electron chi connectivity index (χ0n) is 23.1. The predicted octanol–water partition coefficient (Wildman–Crippen LogP) is 5.07. The first-order valence-corrected chi connectivity index (χ1v) is 15.0. The van der Waals surface area contributed by atoms with Crippen LogP contribution in [0.25, 0.3) is 0 Å². The predicted molar refractivity (Wildman–Crippen MR) is 147 cm³/mol. The summed E-state index contributed by atoms with van der Waals surface area (Å²) in [5.74, 6) is 2.29. The van der Waals surface area contributed by atoms with Crippen molar-refractivity contribution in [3.8, 4) is 0 Å². The number of hydrogen-bond donors (Lipinski definition) is 2. The van der Waals surface area contributed by atoms with Crippen molar-refractivity contribution in [3.05, 3.63) is 46.0 Å². The number of carbonyl (C=O) groups is 1. The van der Waals surface area contributed by atoms with Crippen molar-refractivity contribution in [2.24, 2.45) is 34.3 Å². The van der Waals surface area contributed by atoms with Gasteiger partial charge in [-0.3, -0.25) is 4.90 Å². The molecule has 0 unspecified atom stereocenters. The standard InChI is InChI=1S/C31H45N3O4/c1-30-12-9-23(34(29(36)37)16-15-33-14-11-22(32)18-33)17-21(30)4-5-24-26-7-6-25(20-3-8-28(35)38-19-20)31(26,2)13-10-27(24)30/h3,7-8,19,21-25,27H,4-6,9-18,32H2,1-2H3,(H,36,37)/t21-,22-,23+,24+,25-,27+,30+,31-/m1/s1. The average Bonchev–Trinajstić information content (AvgIpc) is 3.47. The molecular weight excluding hydrogens is 478 g/mol. The van der Waals surface area contributed by atoms with Gasteiger partial charge in [-0.25, -0.2) is 9.59 Å². The van der Waals surface area contributed by atoms with E-state index in [-0.39, 0.29) is 28.5 Å². The molecule has 1 aromatic heterocycles. The number of hydrogen-bond acceptors (Lipinski definition) is 5. The van der Waals surface area contributed by atoms with E-state index in [1.165, 1.54) is 25.7 Å². The van der Waals surface area contributed by atoms with Crippen molar-refractivity contribution in [2.75, 3.05) is 26.2 Å². The quantitative estimate of drug-likeness (QED) is 0.523. The first kappa shape index (κ1) is 26.1. The van der Waals surface area contributed by atoms with Crippen LogP contribution in [0.15, 0.2) is 39.3 Å². The molecule has 4 fully saturated rings. The van der Waals surface area contributed by atoms with E-state index in [0.29, 0.717) is 30.2 Å². The Kier molecular flexibility index (Phi) is 6.74. The molecule has 0 radical (unpaired) electrons. The van der Waals surface area contributed by atoms with Crippen LogP contribution in [-0.2, 0) is 0 Å². The van der Waals surface area contributed by atoms with E-state index >= 15 is 0 Å². The SMILES string of the molecule is C[C@]12CC[C@H](N(CCN3CC[C@@H](N)C3)C(=O)O)C[C@H]1CC[C@H]1C3=CC[C@H](c4ccc(=O)oc4)[C@@]3(C)CC[C@@H]12. The van der Waals surface area contributed by atoms with E-state index < -0.39 is 6.09 Å². The summed E-state index contributed by atoms with van der Waals surface area (Å²) >= 11 is 0. The number of nitrogens with zero attached hydrogens (tertiary/aromatic N) is 2. The number of carboxylic acid groups (broad SMARTS) is 1. The molecular formula is C31H45N3O4. The highest BCUT2D eigenvalue weighted by Crippen LogP contribution is 2.67. The number of nitrogens with two attached hydrogens (primary N) is 1. The van der Waals surface area contributed by atoms with E-state index in [1.807, 2.05) is 6.07 Å². The monoisotopic (exact) mass is 523 g/mol. The number of fused-ring (bicyclic) bond motifs is 5. The van der Waals surface area contributed by atoms with E-state index in [4.69, 9.17) is 10.2 Å². The fraction of sp³-hybridized carbons (Fsp3) is 0.742. The van der Waals surface area contributed by atoms with Gasteiger partial charge in [0, 0.05) is 37.8 Å². The molecule has 1 aromatic rings. The summed E-state index contributed by atoms with van der Waals surface area (Å²) in [4.78, 5) is 27.9. The zero-order chi connectivity index (χ0) is 26.7. The largest absolute Gasteiger partial charge is 0.465 e. The molecule has 5 aliphatic rings. The lowest BCUT2D eigenvalue weighted by molar-refractivity contribution is -0.0707. The number of amides is 1. The number of likely N-dealkylation sites (tertiary alicyclic amines) is 1. The van der Waals surface area contributed by atoms with Gasteiger partial charge < -0.3 is 20.2 Å². The molecule has 6 rings (SSSR count). The second-order valence-corrected chi connectivity index (χ2v) is 13.5. The molecule has 7 nitrogen and oxygen atoms in total. The normalized spacial score (nSPS) is 40.7. The average molecular weight is 524 g/mol. The van der Waals surface area contributed by atoms with Gasteiger partial charge in [-0.1, -0.05) is 25.5 Å². The van der Waals surface area contributed by atoms with Crippen LogP contribution in [0.3, 0.4) is 0 Å². The third kappa shape index (κ3) is 4.34. The topological polar surface area (TPSA) is 100 Å². The fourth-order valence-corrected chi connectivity index (χ4v) is 9.67. The highest BCUT2D eigenvalue weighted by molar-refractivity contribution is 5.65. The summed E-state index contributed by atoms with van der Waals surface area (Å²) in [7, 11) is 0. The Morgan fingerprint density at radius 1 is 1.18 bits per heavy atom. The van der Waals surface area contributed by atoms with Crippen molar-refractivity contribution in [1.82, 2.24) is 9.80 Å². The van der Waals surface area contributed by atoms with Crippen molar-refractivity contribution < 1.29 is 14.3 Å². The van der Waals surface area contributed by atoms with Gasteiger partial charge in [-0.15, -0.1) is 0 Å². The van der Waals surface area contributed by atoms with E-state index in [9.17, 15) is 14.7 Å². The molecule has 1 amide bonds. The minimum atomic E-state index is -0.761. The zero-order valence-corrected chi connectivity index (χ0v) is 23.1. The van der Waals surface area contributed by atoms with Crippen LogP contribution in [-0.4, -0.2) is 59.3 Å². The Balaban J connectivity index is 1.14. The van der Waals surface area contributed by atoms with Gasteiger partial charge in [0.25, 0.3) is 0 Å². The third-order valence-electron chi connectivity index (χ3n) is 11.8. The molecule has 38 heavy (non-hydrogen) atoms. The van der Waals surface area contributed by atoms with Gasteiger partial charge in [0.2, 0.25) is 0 Å². The van der Waals surface area contributed by atoms with E-state index in [2.05, 4.69) is 24.8 Å². The van der Waals surface area contributed by atoms with Crippen LogP contribution in [0.5, 0.6) is 0 Å². The first-order valence-electron chi connectivity index (χ1n) is 15.0. The highest BCUT2D eigenvalue weighted by Gasteiger charge is 2.58. The van der Waals surface area contributed by atoms with E-state index in [0.717, 1.165) is 57.3 Å². The van der Waals surface area contributed by atoms with Gasteiger partial charge >= 0.3 is 11.7 Å². The lowest BCUT2D eigenvalue weighted by atomic mass is 9.45. The van der Waals surface area contributed by atoms with Crippen molar-refractivity contribution in [3.63, 3.8) is 0 Å². The molecule has 8 atom stereocenters. The van der Waals surface area contributed by atoms with Crippen LogP contribution in [0.2, 0.25) is 0 Å². The van der Waals surface area contributed by atoms with Crippen LogP contribution in [0.4, 0.5) is 4.79 Å².